The second-order valence-corrected chi connectivity index (χ2v) is 4.86. The first kappa shape index (κ1) is 10.4. The predicted molar refractivity (Wildman–Crippen MR) is 61.7 cm³/mol. The fourth-order valence-electron chi connectivity index (χ4n) is 1.57. The Morgan fingerprint density at radius 3 is 2.67 bits per heavy atom. The molecule has 3 nitrogen and oxygen atoms in total. The first-order valence-electron chi connectivity index (χ1n) is 4.78. The number of thiophene rings is 1. The lowest BCUT2D eigenvalue weighted by atomic mass is 10.1. The molecule has 0 amide bonds. The second kappa shape index (κ2) is 4.18. The Kier molecular flexibility index (Phi) is 2.90. The van der Waals surface area contributed by atoms with E-state index in [-0.39, 0.29) is 6.04 Å². The van der Waals surface area contributed by atoms with E-state index in [1.165, 1.54) is 9.75 Å². The van der Waals surface area contributed by atoms with Gasteiger partial charge in [-0.2, -0.15) is 0 Å². The van der Waals surface area contributed by atoms with Crippen molar-refractivity contribution in [2.75, 3.05) is 0 Å². The van der Waals surface area contributed by atoms with Crippen molar-refractivity contribution in [1.29, 1.82) is 0 Å². The van der Waals surface area contributed by atoms with E-state index in [0.717, 1.165) is 11.3 Å². The average molecular weight is 222 g/mol. The highest BCUT2D eigenvalue weighted by Gasteiger charge is 2.15. The van der Waals surface area contributed by atoms with Gasteiger partial charge in [0.25, 0.3) is 0 Å². The topological polar surface area (TPSA) is 51.2 Å². The van der Waals surface area contributed by atoms with Crippen LogP contribution in [-0.2, 0) is 0 Å². The Labute approximate surface area is 92.9 Å². The fraction of sp³-hybridized carbons (Fsp3) is 0.273. The Hall–Kier alpha value is -1.10. The minimum absolute atomic E-state index is 0.0288. The maximum absolute atomic E-state index is 5.57. The van der Waals surface area contributed by atoms with Gasteiger partial charge >= 0.3 is 0 Å². The molecule has 2 aromatic heterocycles. The van der Waals surface area contributed by atoms with Crippen LogP contribution in [0.4, 0.5) is 0 Å². The Morgan fingerprint density at radius 1 is 1.40 bits per heavy atom. The summed E-state index contributed by atoms with van der Waals surface area (Å²) in [4.78, 5) is 2.49. The molecule has 0 aliphatic heterocycles. The summed E-state index contributed by atoms with van der Waals surface area (Å²) < 4.78 is 5.28. The maximum Gasteiger partial charge on any atom is 0.101 e. The third-order valence-corrected chi connectivity index (χ3v) is 3.36. The van der Waals surface area contributed by atoms with Crippen molar-refractivity contribution >= 4 is 11.3 Å². The van der Waals surface area contributed by atoms with Crippen LogP contribution in [0.5, 0.6) is 0 Å². The van der Waals surface area contributed by atoms with E-state index in [4.69, 9.17) is 10.3 Å². The standard InChI is InChI=1S/C11H14N2OS/c1-7-5-9(6-14-7)11(13-12)10-4-3-8(2)15-10/h3-6,11,13H,12H2,1-2H3. The van der Waals surface area contributed by atoms with Crippen LogP contribution in [-0.4, -0.2) is 0 Å². The molecule has 0 bridgehead atoms. The van der Waals surface area contributed by atoms with Crippen LogP contribution < -0.4 is 11.3 Å². The molecule has 3 N–H and O–H groups in total. The van der Waals surface area contributed by atoms with Gasteiger partial charge < -0.3 is 4.42 Å². The van der Waals surface area contributed by atoms with Crippen LogP contribution in [0.25, 0.3) is 0 Å². The zero-order chi connectivity index (χ0) is 10.8. The van der Waals surface area contributed by atoms with Crippen molar-refractivity contribution in [3.05, 3.63) is 45.5 Å². The monoisotopic (exact) mass is 222 g/mol. The van der Waals surface area contributed by atoms with E-state index in [1.807, 2.05) is 13.0 Å². The third kappa shape index (κ3) is 2.12. The molecule has 4 heteroatoms. The molecule has 15 heavy (non-hydrogen) atoms. The smallest absolute Gasteiger partial charge is 0.101 e. The number of hydrogen-bond acceptors (Lipinski definition) is 4. The fourth-order valence-corrected chi connectivity index (χ4v) is 2.53. The lowest BCUT2D eigenvalue weighted by Crippen LogP contribution is -2.27. The molecule has 2 rings (SSSR count). The minimum atomic E-state index is 0.0288. The molecule has 0 saturated carbocycles. The maximum atomic E-state index is 5.57. The van der Waals surface area contributed by atoms with Gasteiger partial charge in [-0.05, 0) is 32.0 Å². The summed E-state index contributed by atoms with van der Waals surface area (Å²) in [6, 6.07) is 6.21. The van der Waals surface area contributed by atoms with Crippen molar-refractivity contribution in [2.45, 2.75) is 19.9 Å². The zero-order valence-corrected chi connectivity index (χ0v) is 9.60. The minimum Gasteiger partial charge on any atom is -0.469 e. The van der Waals surface area contributed by atoms with Crippen molar-refractivity contribution in [1.82, 2.24) is 5.43 Å². The second-order valence-electron chi connectivity index (χ2n) is 3.54. The summed E-state index contributed by atoms with van der Waals surface area (Å²) in [6.45, 7) is 4.01. The number of aryl methyl sites for hydroxylation is 2. The first-order valence-corrected chi connectivity index (χ1v) is 5.60. The molecule has 1 unspecified atom stereocenters. The van der Waals surface area contributed by atoms with Crippen LogP contribution in [0.2, 0.25) is 0 Å². The Morgan fingerprint density at radius 2 is 2.20 bits per heavy atom. The van der Waals surface area contributed by atoms with Crippen molar-refractivity contribution in [3.63, 3.8) is 0 Å². The number of rotatable bonds is 3. The van der Waals surface area contributed by atoms with Gasteiger partial charge in [-0.25, -0.2) is 5.43 Å². The van der Waals surface area contributed by atoms with Gasteiger partial charge in [-0.15, -0.1) is 11.3 Å². The predicted octanol–water partition coefficient (Wildman–Crippen LogP) is 2.51. The highest BCUT2D eigenvalue weighted by molar-refractivity contribution is 7.12. The summed E-state index contributed by atoms with van der Waals surface area (Å²) in [6.07, 6.45) is 1.74. The average Bonchev–Trinajstić information content (AvgIpc) is 2.78. The number of hydrogen-bond donors (Lipinski definition) is 2. The molecule has 0 aliphatic rings. The van der Waals surface area contributed by atoms with E-state index in [9.17, 15) is 0 Å². The highest BCUT2D eigenvalue weighted by atomic mass is 32.1. The van der Waals surface area contributed by atoms with Crippen molar-refractivity contribution < 1.29 is 4.42 Å². The van der Waals surface area contributed by atoms with Gasteiger partial charge in [-0.1, -0.05) is 0 Å². The molecule has 0 fully saturated rings. The molecule has 0 aromatic carbocycles. The summed E-state index contributed by atoms with van der Waals surface area (Å²) in [5, 5.41) is 0. The van der Waals surface area contributed by atoms with Crippen molar-refractivity contribution in [2.24, 2.45) is 5.84 Å². The van der Waals surface area contributed by atoms with Crippen molar-refractivity contribution in [3.8, 4) is 0 Å². The molecule has 2 heterocycles. The molecule has 0 aliphatic carbocycles. The zero-order valence-electron chi connectivity index (χ0n) is 8.78. The number of hydrazine groups is 1. The molecule has 0 saturated heterocycles. The number of nitrogens with one attached hydrogen (secondary N) is 1. The molecular formula is C11H14N2OS. The number of furan rings is 1. The molecule has 80 valence electrons. The van der Waals surface area contributed by atoms with Crippen LogP contribution in [0.1, 0.15) is 27.1 Å². The molecule has 0 spiro atoms. The largest absolute Gasteiger partial charge is 0.469 e. The van der Waals surface area contributed by atoms with Gasteiger partial charge in [0.2, 0.25) is 0 Å². The summed E-state index contributed by atoms with van der Waals surface area (Å²) in [7, 11) is 0. The van der Waals surface area contributed by atoms with Gasteiger partial charge in [0.15, 0.2) is 0 Å². The summed E-state index contributed by atoms with van der Waals surface area (Å²) in [5.41, 5.74) is 3.88. The SMILES string of the molecule is Cc1cc(C(NN)c2ccc(C)s2)co1. The van der Waals surface area contributed by atoms with Crippen LogP contribution in [0.15, 0.2) is 28.9 Å². The van der Waals surface area contributed by atoms with Gasteiger partial charge in [0, 0.05) is 15.3 Å². The van der Waals surface area contributed by atoms with Gasteiger partial charge in [0.1, 0.15) is 5.76 Å². The third-order valence-electron chi connectivity index (χ3n) is 2.30. The van der Waals surface area contributed by atoms with E-state index >= 15 is 0 Å². The van der Waals surface area contributed by atoms with E-state index < -0.39 is 0 Å². The van der Waals surface area contributed by atoms with E-state index in [2.05, 4.69) is 24.5 Å². The van der Waals surface area contributed by atoms with E-state index in [1.54, 1.807) is 17.6 Å². The highest BCUT2D eigenvalue weighted by Crippen LogP contribution is 2.28. The summed E-state index contributed by atoms with van der Waals surface area (Å²) >= 11 is 1.74. The van der Waals surface area contributed by atoms with Crippen LogP contribution in [0.3, 0.4) is 0 Å². The van der Waals surface area contributed by atoms with Crippen LogP contribution in [0, 0.1) is 13.8 Å². The summed E-state index contributed by atoms with van der Waals surface area (Å²) in [5.74, 6) is 6.47. The van der Waals surface area contributed by atoms with Crippen LogP contribution >= 0.6 is 11.3 Å². The van der Waals surface area contributed by atoms with Gasteiger partial charge in [-0.3, -0.25) is 5.84 Å². The van der Waals surface area contributed by atoms with E-state index in [0.29, 0.717) is 0 Å². The normalized spacial score (nSPS) is 13.0. The molecule has 1 atom stereocenters. The quantitative estimate of drug-likeness (QED) is 0.619. The molecule has 2 aromatic rings. The first-order chi connectivity index (χ1) is 7.20. The Balaban J connectivity index is 2.32. The number of nitrogens with two attached hydrogens (primary N) is 1. The lowest BCUT2D eigenvalue weighted by molar-refractivity contribution is 0.526. The Bertz CT molecular complexity index is 407. The molecular weight excluding hydrogens is 208 g/mol. The van der Waals surface area contributed by atoms with Gasteiger partial charge in [0.05, 0.1) is 12.3 Å². The molecule has 0 radical (unpaired) electrons. The lowest BCUT2D eigenvalue weighted by Gasteiger charge is -2.11.